The van der Waals surface area contributed by atoms with Crippen molar-refractivity contribution >= 4 is 23.4 Å². The number of amides is 1. The van der Waals surface area contributed by atoms with Gasteiger partial charge in [0.15, 0.2) is 16.7 Å². The van der Waals surface area contributed by atoms with Gasteiger partial charge in [-0.2, -0.15) is 0 Å². The minimum Gasteiger partial charge on any atom is -0.448 e. The van der Waals surface area contributed by atoms with Crippen molar-refractivity contribution < 1.29 is 14.3 Å². The van der Waals surface area contributed by atoms with E-state index >= 15 is 0 Å². The number of para-hydroxylation sites is 1. The molecule has 0 bridgehead atoms. The number of rotatable bonds is 6. The number of anilines is 1. The van der Waals surface area contributed by atoms with Gasteiger partial charge < -0.3 is 14.8 Å². The summed E-state index contributed by atoms with van der Waals surface area (Å²) < 4.78 is 14.2. The van der Waals surface area contributed by atoms with Gasteiger partial charge in [0.2, 0.25) is 5.91 Å². The number of aromatic nitrogens is 3. The number of fused-ring (bicyclic) bond motifs is 1. The fourth-order valence-electron chi connectivity index (χ4n) is 4.33. The van der Waals surface area contributed by atoms with Crippen LogP contribution in [0, 0.1) is 0 Å². The molecule has 3 aromatic rings. The van der Waals surface area contributed by atoms with Crippen molar-refractivity contribution in [3.63, 3.8) is 0 Å². The minimum atomic E-state index is -0.516. The van der Waals surface area contributed by atoms with Crippen LogP contribution in [0.25, 0.3) is 5.69 Å². The van der Waals surface area contributed by atoms with Gasteiger partial charge in [-0.15, -0.1) is 10.2 Å². The lowest BCUT2D eigenvalue weighted by molar-refractivity contribution is -0.113. The van der Waals surface area contributed by atoms with Crippen molar-refractivity contribution in [3.8, 4) is 17.2 Å². The highest BCUT2D eigenvalue weighted by Crippen LogP contribution is 2.46. The number of nitrogens with one attached hydrogen (secondary N) is 1. The van der Waals surface area contributed by atoms with E-state index in [-0.39, 0.29) is 11.7 Å². The summed E-state index contributed by atoms with van der Waals surface area (Å²) in [5, 5.41) is 11.9. The molecule has 1 N–H and O–H groups in total. The molecule has 2 heterocycles. The van der Waals surface area contributed by atoms with Crippen molar-refractivity contribution in [2.24, 2.45) is 0 Å². The van der Waals surface area contributed by atoms with E-state index in [2.05, 4.69) is 28.5 Å². The summed E-state index contributed by atoms with van der Waals surface area (Å²) in [5.74, 6) is 1.05. The number of aryl methyl sites for hydroxylation is 1. The molecule has 0 atom stereocenters. The Morgan fingerprint density at radius 3 is 2.78 bits per heavy atom. The van der Waals surface area contributed by atoms with Gasteiger partial charge in [-0.3, -0.25) is 9.36 Å². The van der Waals surface area contributed by atoms with Crippen LogP contribution in [0.3, 0.4) is 0 Å². The molecule has 1 saturated carbocycles. The molecule has 1 amide bonds. The number of nitrogens with zero attached hydrogens (tertiary/aromatic N) is 3. The third-order valence-corrected chi connectivity index (χ3v) is 6.86. The van der Waals surface area contributed by atoms with Gasteiger partial charge in [0.1, 0.15) is 6.33 Å². The van der Waals surface area contributed by atoms with Crippen molar-refractivity contribution in [1.82, 2.24) is 14.8 Å². The second-order valence-corrected chi connectivity index (χ2v) is 9.08. The second kappa shape index (κ2) is 8.86. The van der Waals surface area contributed by atoms with E-state index in [0.29, 0.717) is 16.6 Å². The maximum Gasteiger partial charge on any atom is 0.251 e. The first kappa shape index (κ1) is 20.9. The average molecular weight is 451 g/mol. The molecule has 5 rings (SSSR count). The molecule has 1 aliphatic carbocycles. The van der Waals surface area contributed by atoms with Crippen LogP contribution in [0.15, 0.2) is 53.9 Å². The van der Waals surface area contributed by atoms with Crippen molar-refractivity contribution in [3.05, 3.63) is 54.4 Å². The fraction of sp³-hybridized carbons (Fsp3) is 0.375. The van der Waals surface area contributed by atoms with Gasteiger partial charge >= 0.3 is 0 Å². The third-order valence-electron chi connectivity index (χ3n) is 5.92. The highest BCUT2D eigenvalue weighted by Gasteiger charge is 2.42. The molecule has 2 aromatic carbocycles. The maximum atomic E-state index is 12.6. The first-order valence-corrected chi connectivity index (χ1v) is 12.1. The highest BCUT2D eigenvalue weighted by atomic mass is 32.2. The number of benzene rings is 2. The first-order chi connectivity index (χ1) is 15.7. The van der Waals surface area contributed by atoms with Gasteiger partial charge in [-0.25, -0.2) is 0 Å². The Balaban J connectivity index is 1.22. The Bertz CT molecular complexity index is 1120. The first-order valence-electron chi connectivity index (χ1n) is 11.1. The van der Waals surface area contributed by atoms with Crippen LogP contribution in [0.1, 0.15) is 44.6 Å². The lowest BCUT2D eigenvalue weighted by Crippen LogP contribution is -2.40. The Morgan fingerprint density at radius 1 is 1.12 bits per heavy atom. The molecular weight excluding hydrogens is 424 g/mol. The predicted molar refractivity (Wildman–Crippen MR) is 124 cm³/mol. The lowest BCUT2D eigenvalue weighted by atomic mass is 9.94. The minimum absolute atomic E-state index is 0.112. The van der Waals surface area contributed by atoms with Gasteiger partial charge in [-0.1, -0.05) is 43.3 Å². The molecule has 0 saturated heterocycles. The predicted octanol–water partition coefficient (Wildman–Crippen LogP) is 4.99. The van der Waals surface area contributed by atoms with Crippen molar-refractivity contribution in [2.45, 2.75) is 56.4 Å². The van der Waals surface area contributed by atoms with Crippen LogP contribution in [-0.2, 0) is 11.2 Å². The van der Waals surface area contributed by atoms with Gasteiger partial charge in [-0.05, 0) is 43.0 Å². The molecule has 8 heteroatoms. The molecular formula is C24H26N4O3S. The summed E-state index contributed by atoms with van der Waals surface area (Å²) >= 11 is 1.36. The third kappa shape index (κ3) is 4.19. The normalized spacial score (nSPS) is 16.3. The average Bonchev–Trinajstić information content (AvgIpc) is 3.42. The maximum absolute atomic E-state index is 12.6. The number of carbonyl (C=O) groups excluding carboxylic acids is 1. The zero-order chi connectivity index (χ0) is 22.0. The summed E-state index contributed by atoms with van der Waals surface area (Å²) in [6.07, 6.45) is 7.85. The molecule has 32 heavy (non-hydrogen) atoms. The van der Waals surface area contributed by atoms with Gasteiger partial charge in [0.05, 0.1) is 11.4 Å². The van der Waals surface area contributed by atoms with E-state index < -0.39 is 5.79 Å². The van der Waals surface area contributed by atoms with Crippen LogP contribution < -0.4 is 14.8 Å². The van der Waals surface area contributed by atoms with E-state index in [0.717, 1.165) is 43.5 Å². The quantitative estimate of drug-likeness (QED) is 0.533. The zero-order valence-corrected chi connectivity index (χ0v) is 18.9. The van der Waals surface area contributed by atoms with Crippen molar-refractivity contribution in [2.75, 3.05) is 11.1 Å². The van der Waals surface area contributed by atoms with E-state index in [1.807, 2.05) is 41.0 Å². The Labute approximate surface area is 191 Å². The Kier molecular flexibility index (Phi) is 5.78. The van der Waals surface area contributed by atoms with Crippen LogP contribution >= 0.6 is 11.8 Å². The summed E-state index contributed by atoms with van der Waals surface area (Å²) in [6, 6.07) is 13.7. The number of hydrogen-bond acceptors (Lipinski definition) is 6. The number of thioether (sulfide) groups is 1. The lowest BCUT2D eigenvalue weighted by Gasteiger charge is -2.31. The largest absolute Gasteiger partial charge is 0.448 e. The molecule has 1 aliphatic heterocycles. The number of carbonyl (C=O) groups is 1. The molecule has 1 aromatic heterocycles. The highest BCUT2D eigenvalue weighted by molar-refractivity contribution is 7.99. The molecule has 166 valence electrons. The van der Waals surface area contributed by atoms with E-state index in [1.165, 1.54) is 23.7 Å². The van der Waals surface area contributed by atoms with Crippen LogP contribution in [-0.4, -0.2) is 32.2 Å². The standard InChI is InChI=1S/C24H26N4O3S/c1-2-17-8-4-5-9-19(17)28-16-25-27-23(28)32-15-22(29)26-18-10-11-20-21(14-18)31-24(30-20)12-6-3-7-13-24/h4-5,8-11,14,16H,2-3,6-7,12-13,15H2,1H3,(H,26,29). The van der Waals surface area contributed by atoms with Gasteiger partial charge in [0, 0.05) is 24.6 Å². The van der Waals surface area contributed by atoms with Gasteiger partial charge in [0.25, 0.3) is 5.79 Å². The smallest absolute Gasteiger partial charge is 0.251 e. The second-order valence-electron chi connectivity index (χ2n) is 8.14. The number of ether oxygens (including phenoxy) is 2. The SMILES string of the molecule is CCc1ccccc1-n1cnnc1SCC(=O)Nc1ccc2c(c1)OC1(CCCCC1)O2. The topological polar surface area (TPSA) is 78.3 Å². The molecule has 7 nitrogen and oxygen atoms in total. The van der Waals surface area contributed by atoms with Crippen molar-refractivity contribution in [1.29, 1.82) is 0 Å². The molecule has 1 fully saturated rings. The molecule has 0 unspecified atom stereocenters. The summed E-state index contributed by atoms with van der Waals surface area (Å²) in [5.41, 5.74) is 2.94. The Morgan fingerprint density at radius 2 is 1.94 bits per heavy atom. The summed E-state index contributed by atoms with van der Waals surface area (Å²) in [6.45, 7) is 2.12. The molecule has 1 spiro atoms. The molecule has 2 aliphatic rings. The van der Waals surface area contributed by atoms with Crippen LogP contribution in [0.5, 0.6) is 11.5 Å². The van der Waals surface area contributed by atoms with E-state index in [1.54, 1.807) is 6.33 Å². The van der Waals surface area contributed by atoms with Crippen LogP contribution in [0.2, 0.25) is 0 Å². The summed E-state index contributed by atoms with van der Waals surface area (Å²) in [4.78, 5) is 12.6. The Hall–Kier alpha value is -3.00. The fourth-order valence-corrected chi connectivity index (χ4v) is 5.05. The van der Waals surface area contributed by atoms with E-state index in [9.17, 15) is 4.79 Å². The summed E-state index contributed by atoms with van der Waals surface area (Å²) in [7, 11) is 0. The van der Waals surface area contributed by atoms with Crippen LogP contribution in [0.4, 0.5) is 5.69 Å². The molecule has 0 radical (unpaired) electrons. The van der Waals surface area contributed by atoms with E-state index in [4.69, 9.17) is 9.47 Å². The number of hydrogen-bond donors (Lipinski definition) is 1. The monoisotopic (exact) mass is 450 g/mol. The zero-order valence-electron chi connectivity index (χ0n) is 18.0.